The summed E-state index contributed by atoms with van der Waals surface area (Å²) >= 11 is 0. The van der Waals surface area contributed by atoms with Crippen molar-refractivity contribution in [1.82, 2.24) is 10.2 Å². The van der Waals surface area contributed by atoms with E-state index in [0.29, 0.717) is 6.54 Å². The van der Waals surface area contributed by atoms with Crippen LogP contribution in [0.15, 0.2) is 18.2 Å². The number of methoxy groups -OCH3 is 1. The van der Waals surface area contributed by atoms with Crippen LogP contribution in [0.1, 0.15) is 11.1 Å². The van der Waals surface area contributed by atoms with Gasteiger partial charge in [-0.05, 0) is 17.7 Å². The number of ether oxygens (including phenoxy) is 1. The third kappa shape index (κ3) is 3.19. The smallest absolute Gasteiger partial charge is 0.123 e. The van der Waals surface area contributed by atoms with Crippen molar-refractivity contribution in [1.29, 1.82) is 0 Å². The molecule has 0 atom stereocenters. The van der Waals surface area contributed by atoms with Crippen molar-refractivity contribution in [2.75, 3.05) is 33.3 Å². The highest BCUT2D eigenvalue weighted by Gasteiger charge is 2.12. The van der Waals surface area contributed by atoms with Crippen LogP contribution < -0.4 is 15.8 Å². The first-order chi connectivity index (χ1) is 8.33. The van der Waals surface area contributed by atoms with E-state index in [9.17, 15) is 0 Å². The molecule has 1 aliphatic rings. The molecule has 0 unspecified atom stereocenters. The Bertz CT molecular complexity index is 362. The highest BCUT2D eigenvalue weighted by molar-refractivity contribution is 5.37. The summed E-state index contributed by atoms with van der Waals surface area (Å²) in [6, 6.07) is 6.20. The molecule has 0 saturated carbocycles. The average molecular weight is 235 g/mol. The minimum atomic E-state index is 0.582. The number of benzene rings is 1. The molecular weight excluding hydrogens is 214 g/mol. The quantitative estimate of drug-likeness (QED) is 0.800. The Labute approximate surface area is 103 Å². The maximum atomic E-state index is 5.68. The molecule has 0 spiro atoms. The topological polar surface area (TPSA) is 50.5 Å². The van der Waals surface area contributed by atoms with Crippen LogP contribution in [-0.4, -0.2) is 38.2 Å². The molecule has 1 heterocycles. The van der Waals surface area contributed by atoms with Gasteiger partial charge in [-0.3, -0.25) is 4.90 Å². The lowest BCUT2D eigenvalue weighted by Gasteiger charge is -2.27. The van der Waals surface area contributed by atoms with Gasteiger partial charge in [-0.2, -0.15) is 0 Å². The van der Waals surface area contributed by atoms with E-state index >= 15 is 0 Å². The molecule has 0 radical (unpaired) electrons. The van der Waals surface area contributed by atoms with Gasteiger partial charge < -0.3 is 15.8 Å². The molecule has 0 aromatic heterocycles. The average Bonchev–Trinajstić information content (AvgIpc) is 2.40. The highest BCUT2D eigenvalue weighted by atomic mass is 16.5. The van der Waals surface area contributed by atoms with E-state index in [1.165, 1.54) is 5.56 Å². The van der Waals surface area contributed by atoms with Crippen LogP contribution in [0, 0.1) is 0 Å². The van der Waals surface area contributed by atoms with Crippen LogP contribution >= 0.6 is 0 Å². The van der Waals surface area contributed by atoms with Crippen molar-refractivity contribution < 1.29 is 4.74 Å². The molecule has 1 saturated heterocycles. The second-order valence-corrected chi connectivity index (χ2v) is 4.38. The summed E-state index contributed by atoms with van der Waals surface area (Å²) in [5.41, 5.74) is 8.08. The summed E-state index contributed by atoms with van der Waals surface area (Å²) in [5, 5.41) is 3.36. The Hall–Kier alpha value is -1.10. The van der Waals surface area contributed by atoms with E-state index in [0.717, 1.165) is 44.0 Å². The van der Waals surface area contributed by atoms with E-state index < -0.39 is 0 Å². The fourth-order valence-corrected chi connectivity index (χ4v) is 2.19. The number of hydrogen-bond donors (Lipinski definition) is 2. The summed E-state index contributed by atoms with van der Waals surface area (Å²) in [4.78, 5) is 2.44. The SMILES string of the molecule is COc1ccc(CN)cc1CN1CCNCC1. The molecule has 1 aromatic rings. The highest BCUT2D eigenvalue weighted by Crippen LogP contribution is 2.21. The van der Waals surface area contributed by atoms with E-state index in [1.807, 2.05) is 12.1 Å². The van der Waals surface area contributed by atoms with Gasteiger partial charge in [-0.1, -0.05) is 6.07 Å². The molecule has 3 N–H and O–H groups in total. The summed E-state index contributed by atoms with van der Waals surface area (Å²) in [7, 11) is 1.72. The zero-order valence-electron chi connectivity index (χ0n) is 10.4. The Kier molecular flexibility index (Phi) is 4.36. The van der Waals surface area contributed by atoms with Gasteiger partial charge in [0, 0.05) is 44.8 Å². The van der Waals surface area contributed by atoms with Gasteiger partial charge in [0.05, 0.1) is 7.11 Å². The maximum Gasteiger partial charge on any atom is 0.123 e. The standard InChI is InChI=1S/C13H21N3O/c1-17-13-3-2-11(9-14)8-12(13)10-16-6-4-15-5-7-16/h2-3,8,15H,4-7,9-10,14H2,1H3. The number of hydrogen-bond acceptors (Lipinski definition) is 4. The second kappa shape index (κ2) is 6.00. The van der Waals surface area contributed by atoms with Crippen LogP contribution in [0.4, 0.5) is 0 Å². The summed E-state index contributed by atoms with van der Waals surface area (Å²) in [6.07, 6.45) is 0. The Morgan fingerprint density at radius 3 is 2.76 bits per heavy atom. The number of rotatable bonds is 4. The van der Waals surface area contributed by atoms with Crippen LogP contribution in [0.25, 0.3) is 0 Å². The lowest BCUT2D eigenvalue weighted by Crippen LogP contribution is -2.42. The third-order valence-electron chi connectivity index (χ3n) is 3.18. The van der Waals surface area contributed by atoms with Gasteiger partial charge in [0.15, 0.2) is 0 Å². The number of nitrogens with one attached hydrogen (secondary N) is 1. The van der Waals surface area contributed by atoms with Crippen LogP contribution in [0.3, 0.4) is 0 Å². The Morgan fingerprint density at radius 1 is 1.35 bits per heavy atom. The molecule has 4 heteroatoms. The maximum absolute atomic E-state index is 5.68. The van der Waals surface area contributed by atoms with Crippen molar-refractivity contribution >= 4 is 0 Å². The first kappa shape index (κ1) is 12.4. The molecular formula is C13H21N3O. The molecule has 1 aliphatic heterocycles. The number of piperazine rings is 1. The minimum Gasteiger partial charge on any atom is -0.496 e. The molecule has 0 aliphatic carbocycles. The molecule has 1 aromatic carbocycles. The zero-order chi connectivity index (χ0) is 12.1. The Balaban J connectivity index is 2.11. The van der Waals surface area contributed by atoms with Crippen LogP contribution in [0.2, 0.25) is 0 Å². The minimum absolute atomic E-state index is 0.582. The fraction of sp³-hybridized carbons (Fsp3) is 0.538. The molecule has 0 amide bonds. The van der Waals surface area contributed by atoms with Gasteiger partial charge in [0.2, 0.25) is 0 Å². The van der Waals surface area contributed by atoms with Crippen LogP contribution in [-0.2, 0) is 13.1 Å². The summed E-state index contributed by atoms with van der Waals surface area (Å²) in [6.45, 7) is 5.85. The molecule has 0 bridgehead atoms. The predicted molar refractivity (Wildman–Crippen MR) is 69.0 cm³/mol. The van der Waals surface area contributed by atoms with Crippen molar-refractivity contribution in [3.05, 3.63) is 29.3 Å². The predicted octanol–water partition coefficient (Wildman–Crippen LogP) is 0.559. The second-order valence-electron chi connectivity index (χ2n) is 4.38. The first-order valence-corrected chi connectivity index (χ1v) is 6.12. The lowest BCUT2D eigenvalue weighted by molar-refractivity contribution is 0.230. The molecule has 4 nitrogen and oxygen atoms in total. The van der Waals surface area contributed by atoms with Gasteiger partial charge >= 0.3 is 0 Å². The van der Waals surface area contributed by atoms with E-state index in [2.05, 4.69) is 16.3 Å². The summed E-state index contributed by atoms with van der Waals surface area (Å²) < 4.78 is 5.40. The lowest BCUT2D eigenvalue weighted by atomic mass is 10.1. The monoisotopic (exact) mass is 235 g/mol. The molecule has 94 valence electrons. The molecule has 2 rings (SSSR count). The van der Waals surface area contributed by atoms with E-state index in [4.69, 9.17) is 10.5 Å². The third-order valence-corrected chi connectivity index (χ3v) is 3.18. The fourth-order valence-electron chi connectivity index (χ4n) is 2.19. The largest absolute Gasteiger partial charge is 0.496 e. The summed E-state index contributed by atoms with van der Waals surface area (Å²) in [5.74, 6) is 0.959. The number of nitrogens with two attached hydrogens (primary N) is 1. The Morgan fingerprint density at radius 2 is 2.12 bits per heavy atom. The van der Waals surface area contributed by atoms with Crippen LogP contribution in [0.5, 0.6) is 5.75 Å². The van der Waals surface area contributed by atoms with Crippen molar-refractivity contribution in [3.8, 4) is 5.75 Å². The molecule has 1 fully saturated rings. The van der Waals surface area contributed by atoms with Gasteiger partial charge in [-0.15, -0.1) is 0 Å². The first-order valence-electron chi connectivity index (χ1n) is 6.12. The zero-order valence-corrected chi connectivity index (χ0v) is 10.4. The van der Waals surface area contributed by atoms with E-state index in [1.54, 1.807) is 7.11 Å². The van der Waals surface area contributed by atoms with Crippen molar-refractivity contribution in [3.63, 3.8) is 0 Å². The van der Waals surface area contributed by atoms with Gasteiger partial charge in [-0.25, -0.2) is 0 Å². The van der Waals surface area contributed by atoms with Crippen molar-refractivity contribution in [2.45, 2.75) is 13.1 Å². The number of nitrogens with zero attached hydrogens (tertiary/aromatic N) is 1. The van der Waals surface area contributed by atoms with E-state index in [-0.39, 0.29) is 0 Å². The van der Waals surface area contributed by atoms with Crippen molar-refractivity contribution in [2.24, 2.45) is 5.73 Å². The van der Waals surface area contributed by atoms with Gasteiger partial charge in [0.25, 0.3) is 0 Å². The molecule has 17 heavy (non-hydrogen) atoms. The normalized spacial score (nSPS) is 17.1. The van der Waals surface area contributed by atoms with Gasteiger partial charge in [0.1, 0.15) is 5.75 Å².